The van der Waals surface area contributed by atoms with Crippen LogP contribution in [0.3, 0.4) is 0 Å². The second kappa shape index (κ2) is 3.62. The molecule has 0 unspecified atom stereocenters. The van der Waals surface area contributed by atoms with Gasteiger partial charge in [0, 0.05) is 29.4 Å². The van der Waals surface area contributed by atoms with Crippen molar-refractivity contribution in [3.05, 3.63) is 46.2 Å². The van der Waals surface area contributed by atoms with Gasteiger partial charge >= 0.3 is 5.63 Å². The van der Waals surface area contributed by atoms with Gasteiger partial charge in [-0.05, 0) is 18.2 Å². The lowest BCUT2D eigenvalue weighted by molar-refractivity contribution is 0.247. The van der Waals surface area contributed by atoms with Crippen LogP contribution in [0.2, 0.25) is 0 Å². The molecule has 17 heavy (non-hydrogen) atoms. The SMILES string of the molecule is C[C](C)[C@@H]1Cc2c(ccc3ccc(=O)oc23)O1. The van der Waals surface area contributed by atoms with E-state index in [1.54, 1.807) is 6.07 Å². The third-order valence-corrected chi connectivity index (χ3v) is 3.15. The van der Waals surface area contributed by atoms with Crippen molar-refractivity contribution in [3.63, 3.8) is 0 Å². The van der Waals surface area contributed by atoms with Crippen LogP contribution in [-0.2, 0) is 6.42 Å². The molecule has 3 rings (SSSR count). The molecule has 2 heterocycles. The monoisotopic (exact) mass is 229 g/mol. The van der Waals surface area contributed by atoms with Crippen LogP contribution in [0.1, 0.15) is 19.4 Å². The Labute approximate surface area is 99.0 Å². The standard InChI is InChI=1S/C14H13O3/c1-8(2)12-7-10-11(16-12)5-3-9-4-6-13(15)17-14(9)10/h3-6,12H,7H2,1-2H3/t12-/m0/s1. The number of ether oxygens (including phenoxy) is 1. The van der Waals surface area contributed by atoms with Crippen LogP contribution in [0, 0.1) is 5.92 Å². The topological polar surface area (TPSA) is 39.4 Å². The molecule has 87 valence electrons. The van der Waals surface area contributed by atoms with Crippen molar-refractivity contribution in [2.45, 2.75) is 26.4 Å². The predicted molar refractivity (Wildman–Crippen MR) is 65.2 cm³/mol. The average molecular weight is 229 g/mol. The van der Waals surface area contributed by atoms with Gasteiger partial charge in [0.1, 0.15) is 17.4 Å². The fourth-order valence-electron chi connectivity index (χ4n) is 2.18. The maximum absolute atomic E-state index is 11.3. The van der Waals surface area contributed by atoms with Crippen molar-refractivity contribution in [3.8, 4) is 5.75 Å². The Hall–Kier alpha value is -1.77. The summed E-state index contributed by atoms with van der Waals surface area (Å²) in [6.07, 6.45) is 0.878. The van der Waals surface area contributed by atoms with Crippen LogP contribution in [0.4, 0.5) is 0 Å². The van der Waals surface area contributed by atoms with E-state index in [2.05, 4.69) is 13.8 Å². The van der Waals surface area contributed by atoms with E-state index in [9.17, 15) is 4.79 Å². The fraction of sp³-hybridized carbons (Fsp3) is 0.286. The Morgan fingerprint density at radius 2 is 2.00 bits per heavy atom. The molecule has 0 saturated heterocycles. The number of hydrogen-bond donors (Lipinski definition) is 0. The molecule has 3 nitrogen and oxygen atoms in total. The first kappa shape index (κ1) is 10.4. The Bertz CT molecular complexity index is 625. The molecular formula is C14H13O3. The van der Waals surface area contributed by atoms with Crippen LogP contribution in [0.15, 0.2) is 33.5 Å². The number of benzene rings is 1. The second-order valence-electron chi connectivity index (χ2n) is 4.60. The van der Waals surface area contributed by atoms with Crippen molar-refractivity contribution in [1.29, 1.82) is 0 Å². The molecule has 1 radical (unpaired) electrons. The maximum Gasteiger partial charge on any atom is 0.336 e. The highest BCUT2D eigenvalue weighted by Crippen LogP contribution is 2.36. The van der Waals surface area contributed by atoms with E-state index in [0.29, 0.717) is 5.58 Å². The van der Waals surface area contributed by atoms with Crippen molar-refractivity contribution >= 4 is 11.0 Å². The van der Waals surface area contributed by atoms with Gasteiger partial charge in [0.25, 0.3) is 0 Å². The van der Waals surface area contributed by atoms with E-state index in [4.69, 9.17) is 9.15 Å². The molecule has 0 bridgehead atoms. The van der Waals surface area contributed by atoms with Crippen LogP contribution in [0.5, 0.6) is 5.75 Å². The van der Waals surface area contributed by atoms with E-state index >= 15 is 0 Å². The van der Waals surface area contributed by atoms with E-state index < -0.39 is 0 Å². The highest BCUT2D eigenvalue weighted by molar-refractivity contribution is 5.82. The molecule has 1 atom stereocenters. The van der Waals surface area contributed by atoms with Crippen molar-refractivity contribution < 1.29 is 9.15 Å². The molecule has 0 aliphatic carbocycles. The first-order chi connectivity index (χ1) is 8.15. The molecule has 1 aliphatic rings. The molecule has 3 heteroatoms. The van der Waals surface area contributed by atoms with Gasteiger partial charge in [-0.2, -0.15) is 0 Å². The molecule has 0 spiro atoms. The zero-order valence-corrected chi connectivity index (χ0v) is 9.82. The molecule has 2 aromatic rings. The largest absolute Gasteiger partial charge is 0.489 e. The first-order valence-corrected chi connectivity index (χ1v) is 5.67. The Kier molecular flexibility index (Phi) is 2.21. The lowest BCUT2D eigenvalue weighted by atomic mass is 10.0. The molecular weight excluding hydrogens is 216 g/mol. The minimum absolute atomic E-state index is 0.0982. The average Bonchev–Trinajstić information content (AvgIpc) is 2.73. The van der Waals surface area contributed by atoms with Gasteiger partial charge in [0.2, 0.25) is 0 Å². The number of fused-ring (bicyclic) bond motifs is 3. The Morgan fingerprint density at radius 3 is 2.76 bits per heavy atom. The molecule has 1 aliphatic heterocycles. The van der Waals surface area contributed by atoms with Crippen molar-refractivity contribution in [1.82, 2.24) is 0 Å². The minimum Gasteiger partial charge on any atom is -0.489 e. The second-order valence-corrected chi connectivity index (χ2v) is 4.60. The zero-order valence-electron chi connectivity index (χ0n) is 9.82. The van der Waals surface area contributed by atoms with Crippen LogP contribution in [0.25, 0.3) is 11.0 Å². The third kappa shape index (κ3) is 1.62. The maximum atomic E-state index is 11.3. The summed E-state index contributed by atoms with van der Waals surface area (Å²) in [5, 5.41) is 0.946. The summed E-state index contributed by atoms with van der Waals surface area (Å²) in [6.45, 7) is 4.10. The molecule has 1 aromatic carbocycles. The number of hydrogen-bond acceptors (Lipinski definition) is 3. The molecule has 0 saturated carbocycles. The van der Waals surface area contributed by atoms with E-state index in [-0.39, 0.29) is 11.7 Å². The zero-order chi connectivity index (χ0) is 12.0. The molecule has 0 N–H and O–H groups in total. The van der Waals surface area contributed by atoms with Crippen LogP contribution >= 0.6 is 0 Å². The molecule has 1 aromatic heterocycles. The summed E-state index contributed by atoms with van der Waals surface area (Å²) in [7, 11) is 0. The lowest BCUT2D eigenvalue weighted by Gasteiger charge is -2.12. The number of rotatable bonds is 1. The fourth-order valence-corrected chi connectivity index (χ4v) is 2.18. The van der Waals surface area contributed by atoms with Gasteiger partial charge in [-0.1, -0.05) is 13.8 Å². The van der Waals surface area contributed by atoms with Gasteiger partial charge < -0.3 is 9.15 Å². The molecule has 0 fully saturated rings. The quantitative estimate of drug-likeness (QED) is 0.706. The smallest absolute Gasteiger partial charge is 0.336 e. The van der Waals surface area contributed by atoms with Gasteiger partial charge in [-0.3, -0.25) is 0 Å². The van der Waals surface area contributed by atoms with E-state index in [0.717, 1.165) is 23.1 Å². The van der Waals surface area contributed by atoms with Crippen molar-refractivity contribution in [2.75, 3.05) is 0 Å². The Balaban J connectivity index is 2.19. The third-order valence-electron chi connectivity index (χ3n) is 3.15. The highest BCUT2D eigenvalue weighted by Gasteiger charge is 2.28. The summed E-state index contributed by atoms with van der Waals surface area (Å²) in [6, 6.07) is 7.10. The van der Waals surface area contributed by atoms with Crippen molar-refractivity contribution in [2.24, 2.45) is 0 Å². The summed E-state index contributed by atoms with van der Waals surface area (Å²) in [4.78, 5) is 11.3. The van der Waals surface area contributed by atoms with Crippen LogP contribution < -0.4 is 10.4 Å². The summed E-state index contributed by atoms with van der Waals surface area (Å²) in [5.74, 6) is 2.06. The van der Waals surface area contributed by atoms with Gasteiger partial charge in [0.05, 0.1) is 0 Å². The van der Waals surface area contributed by atoms with Gasteiger partial charge in [-0.25, -0.2) is 4.79 Å². The summed E-state index contributed by atoms with van der Waals surface area (Å²) >= 11 is 0. The van der Waals surface area contributed by atoms with Crippen LogP contribution in [-0.4, -0.2) is 6.10 Å². The summed E-state index contributed by atoms with van der Waals surface area (Å²) < 4.78 is 11.1. The van der Waals surface area contributed by atoms with Gasteiger partial charge in [-0.15, -0.1) is 0 Å². The predicted octanol–water partition coefficient (Wildman–Crippen LogP) is 2.71. The van der Waals surface area contributed by atoms with E-state index in [1.807, 2.05) is 12.1 Å². The normalized spacial score (nSPS) is 18.4. The lowest BCUT2D eigenvalue weighted by Crippen LogP contribution is -2.18. The first-order valence-electron chi connectivity index (χ1n) is 5.67. The van der Waals surface area contributed by atoms with E-state index in [1.165, 1.54) is 12.0 Å². The minimum atomic E-state index is -0.313. The molecule has 0 amide bonds. The Morgan fingerprint density at radius 1 is 1.24 bits per heavy atom. The summed E-state index contributed by atoms with van der Waals surface area (Å²) in [5.41, 5.74) is 1.36. The van der Waals surface area contributed by atoms with Gasteiger partial charge in [0.15, 0.2) is 0 Å². The highest BCUT2D eigenvalue weighted by atomic mass is 16.5.